The molecule has 1 heterocycles. The van der Waals surface area contributed by atoms with Gasteiger partial charge in [-0.15, -0.1) is 0 Å². The van der Waals surface area contributed by atoms with E-state index in [0.717, 1.165) is 19.3 Å². The minimum absolute atomic E-state index is 0.0932. The molecular weight excluding hydrogens is 476 g/mol. The molecule has 3 heteroatoms. The first kappa shape index (κ1) is 25.9. The van der Waals surface area contributed by atoms with Crippen molar-refractivity contribution in [1.29, 1.82) is 0 Å². The second-order valence-corrected chi connectivity index (χ2v) is 16.6. The Labute approximate surface area is 235 Å². The Morgan fingerprint density at radius 2 is 1.64 bits per heavy atom. The number of fused-ring (bicyclic) bond motifs is 10. The molecular formula is C36H50N2O. The van der Waals surface area contributed by atoms with Crippen LogP contribution in [-0.2, 0) is 16.6 Å². The lowest BCUT2D eigenvalue weighted by atomic mass is 9.34. The summed E-state index contributed by atoms with van der Waals surface area (Å²) >= 11 is 0. The number of aromatic nitrogens is 1. The molecule has 0 bridgehead atoms. The van der Waals surface area contributed by atoms with E-state index in [1.165, 1.54) is 55.1 Å². The number of nitrogens with one attached hydrogen (secondary N) is 1. The van der Waals surface area contributed by atoms with Gasteiger partial charge in [-0.25, -0.2) is 0 Å². The van der Waals surface area contributed by atoms with E-state index in [-0.39, 0.29) is 33.0 Å². The molecule has 7 rings (SSSR count). The second kappa shape index (κ2) is 7.62. The van der Waals surface area contributed by atoms with Crippen LogP contribution >= 0.6 is 0 Å². The van der Waals surface area contributed by atoms with E-state index in [9.17, 15) is 4.79 Å². The predicted octanol–water partition coefficient (Wildman–Crippen LogP) is 8.47. The van der Waals surface area contributed by atoms with Crippen LogP contribution in [0.1, 0.15) is 111 Å². The number of hydrogen-bond acceptors (Lipinski definition) is 1. The van der Waals surface area contributed by atoms with Crippen LogP contribution < -0.4 is 5.73 Å². The Kier molecular flexibility index (Phi) is 5.06. The van der Waals surface area contributed by atoms with E-state index < -0.39 is 0 Å². The van der Waals surface area contributed by atoms with Gasteiger partial charge in [0.05, 0.1) is 0 Å². The predicted molar refractivity (Wildman–Crippen MR) is 160 cm³/mol. The summed E-state index contributed by atoms with van der Waals surface area (Å²) in [6.45, 7) is 17.7. The van der Waals surface area contributed by atoms with Crippen LogP contribution in [0, 0.1) is 44.8 Å². The van der Waals surface area contributed by atoms with E-state index in [1.807, 2.05) is 0 Å². The molecule has 3 N–H and O–H groups in total. The molecule has 1 amide bonds. The number of hydrogen-bond donors (Lipinski definition) is 2. The molecule has 5 aliphatic carbocycles. The molecule has 2 aromatic rings. The molecule has 0 spiro atoms. The summed E-state index contributed by atoms with van der Waals surface area (Å²) in [5, 5.41) is 1.44. The lowest BCUT2D eigenvalue weighted by molar-refractivity contribution is -0.160. The van der Waals surface area contributed by atoms with Crippen molar-refractivity contribution in [2.45, 2.75) is 112 Å². The number of amides is 1. The van der Waals surface area contributed by atoms with Gasteiger partial charge in [0.1, 0.15) is 0 Å². The number of carbonyl (C=O) groups is 1. The number of H-pyrrole nitrogens is 1. The second-order valence-electron chi connectivity index (χ2n) is 16.6. The Hall–Kier alpha value is -2.03. The van der Waals surface area contributed by atoms with Crippen molar-refractivity contribution in [3.63, 3.8) is 0 Å². The van der Waals surface area contributed by atoms with Crippen LogP contribution in [0.2, 0.25) is 0 Å². The average molecular weight is 527 g/mol. The Bertz CT molecular complexity index is 1410. The Balaban J connectivity index is 1.34. The summed E-state index contributed by atoms with van der Waals surface area (Å²) in [6.07, 6.45) is 13.3. The van der Waals surface area contributed by atoms with Gasteiger partial charge in [-0.3, -0.25) is 4.79 Å². The van der Waals surface area contributed by atoms with Crippen LogP contribution in [0.3, 0.4) is 0 Å². The van der Waals surface area contributed by atoms with Gasteiger partial charge in [-0.05, 0) is 109 Å². The largest absolute Gasteiger partial charge is 0.369 e. The molecule has 8 atom stereocenters. The molecule has 39 heavy (non-hydrogen) atoms. The van der Waals surface area contributed by atoms with Gasteiger partial charge in [0, 0.05) is 27.4 Å². The number of allylic oxidation sites excluding steroid dienone is 2. The Morgan fingerprint density at radius 3 is 2.38 bits per heavy atom. The number of para-hydroxylation sites is 1. The summed E-state index contributed by atoms with van der Waals surface area (Å²) in [5.74, 6) is 1.72. The Morgan fingerprint density at radius 1 is 0.923 bits per heavy atom. The van der Waals surface area contributed by atoms with Gasteiger partial charge >= 0.3 is 0 Å². The van der Waals surface area contributed by atoms with E-state index in [1.54, 1.807) is 11.1 Å². The third-order valence-corrected chi connectivity index (χ3v) is 14.6. The lowest BCUT2D eigenvalue weighted by Crippen LogP contribution is -2.64. The first-order valence-electron chi connectivity index (χ1n) is 15.8. The van der Waals surface area contributed by atoms with Crippen LogP contribution in [0.15, 0.2) is 35.9 Å². The number of primary amides is 1. The van der Waals surface area contributed by atoms with E-state index in [0.29, 0.717) is 23.2 Å². The fraction of sp³-hybridized carbons (Fsp3) is 0.694. The molecule has 3 saturated carbocycles. The summed E-state index contributed by atoms with van der Waals surface area (Å²) in [7, 11) is 0. The van der Waals surface area contributed by atoms with Gasteiger partial charge in [0.2, 0.25) is 5.91 Å². The quantitative estimate of drug-likeness (QED) is 0.360. The molecule has 0 radical (unpaired) electrons. The fourth-order valence-electron chi connectivity index (χ4n) is 11.9. The van der Waals surface area contributed by atoms with Crippen molar-refractivity contribution in [2.75, 3.05) is 0 Å². The molecule has 210 valence electrons. The van der Waals surface area contributed by atoms with Crippen molar-refractivity contribution < 1.29 is 4.79 Å². The van der Waals surface area contributed by atoms with Crippen LogP contribution in [-0.4, -0.2) is 10.9 Å². The number of aromatic amines is 1. The molecule has 1 aromatic heterocycles. The van der Waals surface area contributed by atoms with E-state index in [4.69, 9.17) is 5.73 Å². The monoisotopic (exact) mass is 526 g/mol. The maximum Gasteiger partial charge on any atom is 0.223 e. The average Bonchev–Trinajstić information content (AvgIpc) is 3.24. The highest BCUT2D eigenvalue weighted by Crippen LogP contribution is 2.75. The standard InChI is InChI=1S/C36H50N2O/c1-31(2)27-14-15-36(7)28(34(27,5)20-23-22-10-8-9-11-26(22)38-29(23)31)13-12-24-25-21-33(4,30(37)39)17-16-32(25,3)18-19-35(24,36)6/h8-12,25,27-28,38H,13-21H2,1-7H3,(H2,37,39)/t25-,27-,28+,32+,33-,34-,35+,36+/m0/s1. The number of carbonyl (C=O) groups excluding carboxylic acids is 1. The highest BCUT2D eigenvalue weighted by molar-refractivity contribution is 5.85. The zero-order chi connectivity index (χ0) is 27.8. The van der Waals surface area contributed by atoms with E-state index >= 15 is 0 Å². The zero-order valence-corrected chi connectivity index (χ0v) is 25.5. The molecule has 3 fully saturated rings. The number of benzene rings is 1. The highest BCUT2D eigenvalue weighted by Gasteiger charge is 2.68. The third kappa shape index (κ3) is 3.03. The normalized spacial score (nSPS) is 46.2. The first-order chi connectivity index (χ1) is 18.2. The highest BCUT2D eigenvalue weighted by atomic mass is 16.1. The molecule has 0 unspecified atom stereocenters. The SMILES string of the molecule is CC1(C)c2[nH]c3ccccc3c2C[C@]2(C)[C@H]3CC=C4[C@@H]5C[C@@](C)(C(N)=O)CC[C@]5(C)CC[C@@]4(C)[C@]3(C)CC[C@@H]12. The molecule has 0 aliphatic heterocycles. The van der Waals surface area contributed by atoms with Crippen molar-refractivity contribution in [2.24, 2.45) is 50.6 Å². The lowest BCUT2D eigenvalue weighted by Gasteiger charge is -2.70. The maximum atomic E-state index is 12.6. The van der Waals surface area contributed by atoms with Crippen LogP contribution in [0.4, 0.5) is 0 Å². The first-order valence-corrected chi connectivity index (χ1v) is 15.8. The number of nitrogens with two attached hydrogens (primary N) is 1. The molecule has 5 aliphatic rings. The smallest absolute Gasteiger partial charge is 0.223 e. The van der Waals surface area contributed by atoms with Crippen LogP contribution in [0.5, 0.6) is 0 Å². The fourth-order valence-corrected chi connectivity index (χ4v) is 11.9. The molecule has 1 aromatic carbocycles. The third-order valence-electron chi connectivity index (χ3n) is 14.6. The van der Waals surface area contributed by atoms with Gasteiger partial charge < -0.3 is 10.7 Å². The topological polar surface area (TPSA) is 58.9 Å². The van der Waals surface area contributed by atoms with Crippen LogP contribution in [0.25, 0.3) is 10.9 Å². The van der Waals surface area contributed by atoms with Gasteiger partial charge in [-0.2, -0.15) is 0 Å². The molecule has 3 nitrogen and oxygen atoms in total. The van der Waals surface area contributed by atoms with Gasteiger partial charge in [0.15, 0.2) is 0 Å². The van der Waals surface area contributed by atoms with Crippen molar-refractivity contribution in [3.8, 4) is 0 Å². The minimum Gasteiger partial charge on any atom is -0.369 e. The van der Waals surface area contributed by atoms with Gasteiger partial charge in [-0.1, -0.05) is 78.3 Å². The summed E-state index contributed by atoms with van der Waals surface area (Å²) in [6, 6.07) is 8.98. The maximum absolute atomic E-state index is 12.6. The molecule has 0 saturated heterocycles. The van der Waals surface area contributed by atoms with Gasteiger partial charge in [0.25, 0.3) is 0 Å². The summed E-state index contributed by atoms with van der Waals surface area (Å²) in [4.78, 5) is 16.5. The van der Waals surface area contributed by atoms with Crippen molar-refractivity contribution in [3.05, 3.63) is 47.2 Å². The number of rotatable bonds is 1. The van der Waals surface area contributed by atoms with Crippen molar-refractivity contribution in [1.82, 2.24) is 4.98 Å². The zero-order valence-electron chi connectivity index (χ0n) is 25.5. The van der Waals surface area contributed by atoms with Crippen molar-refractivity contribution >= 4 is 16.8 Å². The summed E-state index contributed by atoms with van der Waals surface area (Å²) in [5.41, 5.74) is 12.9. The van der Waals surface area contributed by atoms with E-state index in [2.05, 4.69) is 83.8 Å². The summed E-state index contributed by atoms with van der Waals surface area (Å²) < 4.78 is 0. The minimum atomic E-state index is -0.371.